The molecule has 2 heterocycles. The summed E-state index contributed by atoms with van der Waals surface area (Å²) in [7, 11) is 2.92. The molecular formula is C16H30IN5OS. The van der Waals surface area contributed by atoms with Gasteiger partial charge in [-0.2, -0.15) is 5.10 Å². The van der Waals surface area contributed by atoms with Gasteiger partial charge in [-0.3, -0.25) is 13.9 Å². The first kappa shape index (κ1) is 21.4. The van der Waals surface area contributed by atoms with Gasteiger partial charge in [0.1, 0.15) is 0 Å². The largest absolute Gasteiger partial charge is 0.355 e. The quantitative estimate of drug-likeness (QED) is 0.418. The van der Waals surface area contributed by atoms with Gasteiger partial charge in [0.05, 0.1) is 6.20 Å². The molecule has 0 bridgehead atoms. The lowest BCUT2D eigenvalue weighted by molar-refractivity contribution is 0.488. The Kier molecular flexibility index (Phi) is 8.17. The van der Waals surface area contributed by atoms with Crippen molar-refractivity contribution < 1.29 is 4.21 Å². The van der Waals surface area contributed by atoms with Gasteiger partial charge >= 0.3 is 0 Å². The molecule has 0 radical (unpaired) electrons. The Balaban J connectivity index is 0.00000288. The average molecular weight is 467 g/mol. The topological polar surface area (TPSA) is 62.5 Å². The van der Waals surface area contributed by atoms with E-state index in [1.54, 1.807) is 7.05 Å². The molecule has 2 unspecified atom stereocenters. The van der Waals surface area contributed by atoms with Crippen LogP contribution in [0.15, 0.2) is 17.4 Å². The van der Waals surface area contributed by atoms with E-state index in [9.17, 15) is 4.21 Å². The van der Waals surface area contributed by atoms with Gasteiger partial charge in [-0.05, 0) is 32.8 Å². The van der Waals surface area contributed by atoms with Crippen LogP contribution in [0.2, 0.25) is 0 Å². The maximum absolute atomic E-state index is 12.1. The summed E-state index contributed by atoms with van der Waals surface area (Å²) in [5.74, 6) is 2.05. The van der Waals surface area contributed by atoms with E-state index in [4.69, 9.17) is 0 Å². The van der Waals surface area contributed by atoms with Crippen LogP contribution in [0.1, 0.15) is 38.7 Å². The van der Waals surface area contributed by atoms with Crippen molar-refractivity contribution in [2.75, 3.05) is 32.4 Å². The Morgan fingerprint density at radius 3 is 2.75 bits per heavy atom. The number of nitrogens with one attached hydrogen (secondary N) is 1. The third kappa shape index (κ3) is 5.72. The summed E-state index contributed by atoms with van der Waals surface area (Å²) in [5, 5.41) is 7.62. The number of aryl methyl sites for hydroxylation is 1. The van der Waals surface area contributed by atoms with Gasteiger partial charge in [-0.15, -0.1) is 24.0 Å². The average Bonchev–Trinajstić information content (AvgIpc) is 3.11. The van der Waals surface area contributed by atoms with E-state index in [1.807, 2.05) is 38.7 Å². The molecule has 24 heavy (non-hydrogen) atoms. The second-order valence-electron chi connectivity index (χ2n) is 7.01. The fourth-order valence-corrected chi connectivity index (χ4v) is 3.67. The van der Waals surface area contributed by atoms with Crippen molar-refractivity contribution in [1.82, 2.24) is 20.0 Å². The van der Waals surface area contributed by atoms with E-state index in [0.29, 0.717) is 18.2 Å². The number of aromatic nitrogens is 2. The molecule has 0 spiro atoms. The fraction of sp³-hybridized carbons (Fsp3) is 0.750. The molecule has 138 valence electrons. The van der Waals surface area contributed by atoms with Crippen LogP contribution in [0.5, 0.6) is 0 Å². The van der Waals surface area contributed by atoms with Crippen molar-refractivity contribution in [2.24, 2.45) is 12.0 Å². The monoisotopic (exact) mass is 467 g/mol. The summed E-state index contributed by atoms with van der Waals surface area (Å²) in [6.07, 6.45) is 5.16. The summed E-state index contributed by atoms with van der Waals surface area (Å²) >= 11 is 0. The molecule has 1 aromatic rings. The van der Waals surface area contributed by atoms with Gasteiger partial charge in [-0.25, -0.2) is 0 Å². The fourth-order valence-electron chi connectivity index (χ4n) is 2.77. The number of hydrogen-bond donors (Lipinski definition) is 1. The molecule has 1 fully saturated rings. The van der Waals surface area contributed by atoms with Gasteiger partial charge in [0.15, 0.2) is 5.96 Å². The second kappa shape index (κ2) is 9.17. The number of guanidine groups is 1. The zero-order valence-corrected chi connectivity index (χ0v) is 18.4. The normalized spacial score (nSPS) is 20.0. The van der Waals surface area contributed by atoms with Gasteiger partial charge in [0.2, 0.25) is 0 Å². The number of likely N-dealkylation sites (tertiary alicyclic amines) is 1. The van der Waals surface area contributed by atoms with Crippen molar-refractivity contribution >= 4 is 40.7 Å². The van der Waals surface area contributed by atoms with Crippen LogP contribution in [0.3, 0.4) is 0 Å². The zero-order valence-electron chi connectivity index (χ0n) is 15.3. The predicted molar refractivity (Wildman–Crippen MR) is 112 cm³/mol. The summed E-state index contributed by atoms with van der Waals surface area (Å²) in [6, 6.07) is 0. The van der Waals surface area contributed by atoms with Crippen molar-refractivity contribution in [1.29, 1.82) is 0 Å². The number of aliphatic imine (C=N–C) groups is 1. The summed E-state index contributed by atoms with van der Waals surface area (Å²) in [6.45, 7) is 8.66. The number of rotatable bonds is 4. The molecule has 2 atom stereocenters. The Labute approximate surface area is 165 Å². The zero-order chi connectivity index (χ0) is 17.0. The molecule has 8 heteroatoms. The highest BCUT2D eigenvalue weighted by Gasteiger charge is 2.27. The van der Waals surface area contributed by atoms with Crippen LogP contribution >= 0.6 is 24.0 Å². The molecule has 1 N–H and O–H groups in total. The van der Waals surface area contributed by atoms with Crippen LogP contribution in [-0.2, 0) is 17.8 Å². The Bertz CT molecular complexity index is 581. The number of halogens is 1. The van der Waals surface area contributed by atoms with E-state index in [0.717, 1.165) is 25.5 Å². The van der Waals surface area contributed by atoms with Gasteiger partial charge < -0.3 is 10.2 Å². The summed E-state index contributed by atoms with van der Waals surface area (Å²) < 4.78 is 13.8. The Morgan fingerprint density at radius 1 is 1.50 bits per heavy atom. The molecule has 0 amide bonds. The van der Waals surface area contributed by atoms with Crippen LogP contribution in [0.4, 0.5) is 0 Å². The van der Waals surface area contributed by atoms with Crippen LogP contribution in [-0.4, -0.2) is 62.0 Å². The lowest BCUT2D eigenvalue weighted by atomic mass is 10.0. The predicted octanol–water partition coefficient (Wildman–Crippen LogP) is 1.95. The molecule has 6 nitrogen and oxygen atoms in total. The molecule has 1 aliphatic rings. The summed E-state index contributed by atoms with van der Waals surface area (Å²) in [5.41, 5.74) is 1.29. The molecule has 1 aromatic heterocycles. The van der Waals surface area contributed by atoms with Gasteiger partial charge in [0, 0.05) is 67.1 Å². The molecule has 0 aromatic carbocycles. The van der Waals surface area contributed by atoms with E-state index < -0.39 is 10.8 Å². The van der Waals surface area contributed by atoms with E-state index in [-0.39, 0.29) is 28.7 Å². The molecule has 0 saturated carbocycles. The number of hydrogen-bond acceptors (Lipinski definition) is 3. The van der Waals surface area contributed by atoms with E-state index >= 15 is 0 Å². The second-order valence-corrected chi connectivity index (χ2v) is 9.34. The molecule has 1 aliphatic heterocycles. The first-order chi connectivity index (χ1) is 10.8. The first-order valence-corrected chi connectivity index (χ1v) is 9.45. The Morgan fingerprint density at radius 2 is 2.21 bits per heavy atom. The van der Waals surface area contributed by atoms with Crippen molar-refractivity contribution in [3.05, 3.63) is 18.0 Å². The van der Waals surface area contributed by atoms with Crippen molar-refractivity contribution in [3.63, 3.8) is 0 Å². The molecule has 0 aliphatic carbocycles. The third-order valence-electron chi connectivity index (χ3n) is 4.15. The first-order valence-electron chi connectivity index (χ1n) is 8.14. The van der Waals surface area contributed by atoms with Gasteiger partial charge in [0.25, 0.3) is 0 Å². The SMILES string of the molecule is CN=C(NCCS(=O)C(C)(C)C)N1CCC(c2cnn(C)c2)C1.I. The van der Waals surface area contributed by atoms with Gasteiger partial charge in [-0.1, -0.05) is 0 Å². The van der Waals surface area contributed by atoms with Crippen LogP contribution in [0, 0.1) is 0 Å². The maximum Gasteiger partial charge on any atom is 0.193 e. The Hall–Kier alpha value is -0.640. The van der Waals surface area contributed by atoms with Crippen LogP contribution in [0.25, 0.3) is 0 Å². The molecule has 2 rings (SSSR count). The highest BCUT2D eigenvalue weighted by atomic mass is 127. The minimum atomic E-state index is -0.838. The van der Waals surface area contributed by atoms with Crippen molar-refractivity contribution in [3.8, 4) is 0 Å². The van der Waals surface area contributed by atoms with Crippen molar-refractivity contribution in [2.45, 2.75) is 37.9 Å². The molecule has 1 saturated heterocycles. The lowest BCUT2D eigenvalue weighted by Crippen LogP contribution is -2.42. The minimum absolute atomic E-state index is 0. The lowest BCUT2D eigenvalue weighted by Gasteiger charge is -2.23. The molecular weight excluding hydrogens is 437 g/mol. The maximum atomic E-state index is 12.1. The minimum Gasteiger partial charge on any atom is -0.355 e. The number of nitrogens with zero attached hydrogens (tertiary/aromatic N) is 4. The summed E-state index contributed by atoms with van der Waals surface area (Å²) in [4.78, 5) is 6.65. The van der Waals surface area contributed by atoms with Crippen LogP contribution < -0.4 is 5.32 Å². The third-order valence-corrected chi connectivity index (χ3v) is 6.09. The highest BCUT2D eigenvalue weighted by Crippen LogP contribution is 2.26. The van der Waals surface area contributed by atoms with E-state index in [1.165, 1.54) is 5.56 Å². The smallest absolute Gasteiger partial charge is 0.193 e. The highest BCUT2D eigenvalue weighted by molar-refractivity contribution is 14.0. The van der Waals surface area contributed by atoms with E-state index in [2.05, 4.69) is 26.5 Å². The standard InChI is InChI=1S/C16H29N5OS.HI/c1-16(2,3)23(22)9-7-18-15(17-4)21-8-6-13(12-21)14-10-19-20(5)11-14;/h10-11,13H,6-9,12H2,1-5H3,(H,17,18);1H.